The molecule has 0 amide bonds. The molecular weight excluding hydrogens is 292 g/mol. The van der Waals surface area contributed by atoms with E-state index >= 15 is 0 Å². The van der Waals surface area contributed by atoms with Crippen LogP contribution in [0.4, 0.5) is 0 Å². The SMILES string of the molecule is CC(NS(=O)(=O)c1ccc(CC(N)=S)cc1)C(C)(C)C. The number of benzene rings is 1. The third-order valence-corrected chi connectivity index (χ3v) is 4.94. The van der Waals surface area contributed by atoms with Crippen molar-refractivity contribution < 1.29 is 8.42 Å². The molecule has 0 aliphatic carbocycles. The number of rotatable bonds is 5. The fourth-order valence-corrected chi connectivity index (χ4v) is 3.08. The molecule has 0 fully saturated rings. The van der Waals surface area contributed by atoms with Gasteiger partial charge >= 0.3 is 0 Å². The monoisotopic (exact) mass is 314 g/mol. The van der Waals surface area contributed by atoms with Gasteiger partial charge in [-0.05, 0) is 30.0 Å². The van der Waals surface area contributed by atoms with Crippen LogP contribution in [-0.2, 0) is 16.4 Å². The average molecular weight is 314 g/mol. The van der Waals surface area contributed by atoms with Crippen LogP contribution < -0.4 is 10.5 Å². The van der Waals surface area contributed by atoms with Crippen LogP contribution in [0.3, 0.4) is 0 Å². The van der Waals surface area contributed by atoms with E-state index in [-0.39, 0.29) is 16.4 Å². The van der Waals surface area contributed by atoms with Crippen molar-refractivity contribution >= 4 is 27.2 Å². The fraction of sp³-hybridized carbons (Fsp3) is 0.500. The van der Waals surface area contributed by atoms with Gasteiger partial charge in [-0.25, -0.2) is 13.1 Å². The van der Waals surface area contributed by atoms with Crippen LogP contribution in [0.15, 0.2) is 29.2 Å². The predicted molar refractivity (Wildman–Crippen MR) is 86.2 cm³/mol. The Bertz CT molecular complexity index is 572. The zero-order valence-corrected chi connectivity index (χ0v) is 13.9. The minimum absolute atomic E-state index is 0.140. The second kappa shape index (κ2) is 6.20. The average Bonchev–Trinajstić information content (AvgIpc) is 2.26. The van der Waals surface area contributed by atoms with E-state index in [1.54, 1.807) is 24.3 Å². The molecule has 3 N–H and O–H groups in total. The van der Waals surface area contributed by atoms with E-state index in [9.17, 15) is 8.42 Å². The largest absolute Gasteiger partial charge is 0.393 e. The molecule has 0 aromatic heterocycles. The number of hydrogen-bond donors (Lipinski definition) is 2. The second-order valence-corrected chi connectivity index (χ2v) is 8.23. The highest BCUT2D eigenvalue weighted by Crippen LogP contribution is 2.21. The Balaban J connectivity index is 2.91. The number of sulfonamides is 1. The maximum atomic E-state index is 12.3. The molecule has 1 unspecified atom stereocenters. The van der Waals surface area contributed by atoms with Crippen molar-refractivity contribution in [1.29, 1.82) is 0 Å². The van der Waals surface area contributed by atoms with E-state index in [1.165, 1.54) is 0 Å². The summed E-state index contributed by atoms with van der Waals surface area (Å²) in [6, 6.07) is 6.45. The molecular formula is C14H22N2O2S2. The minimum Gasteiger partial charge on any atom is -0.393 e. The molecule has 0 aliphatic heterocycles. The molecule has 0 spiro atoms. The van der Waals surface area contributed by atoms with Gasteiger partial charge in [0.05, 0.1) is 9.88 Å². The molecule has 112 valence electrons. The standard InChI is InChI=1S/C14H22N2O2S2/c1-10(14(2,3)4)16-20(17,18)12-7-5-11(6-8-12)9-13(15)19/h5-8,10,16H,9H2,1-4H3,(H2,15,19). The zero-order valence-electron chi connectivity index (χ0n) is 12.3. The van der Waals surface area contributed by atoms with Crippen LogP contribution in [0, 0.1) is 5.41 Å². The summed E-state index contributed by atoms with van der Waals surface area (Å²) in [5.74, 6) is 0. The number of thiocarbonyl (C=S) groups is 1. The van der Waals surface area contributed by atoms with Gasteiger partial charge in [0.2, 0.25) is 10.0 Å². The Hall–Kier alpha value is -0.980. The maximum absolute atomic E-state index is 12.3. The first-order valence-corrected chi connectivity index (χ1v) is 8.31. The van der Waals surface area contributed by atoms with Gasteiger partial charge in [0.25, 0.3) is 0 Å². The Labute approximate surface area is 126 Å². The molecule has 0 saturated heterocycles. The van der Waals surface area contributed by atoms with Gasteiger partial charge in [0, 0.05) is 12.5 Å². The van der Waals surface area contributed by atoms with Crippen LogP contribution in [0.2, 0.25) is 0 Å². The van der Waals surface area contributed by atoms with E-state index in [1.807, 2.05) is 27.7 Å². The third-order valence-electron chi connectivity index (χ3n) is 3.24. The van der Waals surface area contributed by atoms with Crippen molar-refractivity contribution in [3.63, 3.8) is 0 Å². The Morgan fingerprint density at radius 1 is 1.30 bits per heavy atom. The van der Waals surface area contributed by atoms with Crippen molar-refractivity contribution in [2.45, 2.75) is 45.1 Å². The van der Waals surface area contributed by atoms with Gasteiger partial charge in [-0.1, -0.05) is 45.1 Å². The van der Waals surface area contributed by atoms with E-state index < -0.39 is 10.0 Å². The molecule has 1 aromatic rings. The van der Waals surface area contributed by atoms with Gasteiger partial charge in [-0.15, -0.1) is 0 Å². The van der Waals surface area contributed by atoms with Crippen molar-refractivity contribution in [3.05, 3.63) is 29.8 Å². The summed E-state index contributed by atoms with van der Waals surface area (Å²) in [7, 11) is -3.50. The second-order valence-electron chi connectivity index (χ2n) is 6.00. The van der Waals surface area contributed by atoms with Crippen LogP contribution >= 0.6 is 12.2 Å². The molecule has 0 radical (unpaired) electrons. The maximum Gasteiger partial charge on any atom is 0.240 e. The van der Waals surface area contributed by atoms with Crippen LogP contribution in [-0.4, -0.2) is 19.4 Å². The molecule has 6 heteroatoms. The number of hydrogen-bond acceptors (Lipinski definition) is 3. The summed E-state index contributed by atoms with van der Waals surface area (Å²) in [4.78, 5) is 0.639. The highest BCUT2D eigenvalue weighted by Gasteiger charge is 2.25. The summed E-state index contributed by atoms with van der Waals surface area (Å²) in [5.41, 5.74) is 6.23. The van der Waals surface area contributed by atoms with Crippen LogP contribution in [0.1, 0.15) is 33.3 Å². The lowest BCUT2D eigenvalue weighted by atomic mass is 9.89. The van der Waals surface area contributed by atoms with Gasteiger partial charge in [0.1, 0.15) is 0 Å². The van der Waals surface area contributed by atoms with E-state index in [0.29, 0.717) is 11.4 Å². The van der Waals surface area contributed by atoms with E-state index in [2.05, 4.69) is 4.72 Å². The summed E-state index contributed by atoms with van der Waals surface area (Å²) in [6.45, 7) is 7.83. The first-order valence-electron chi connectivity index (χ1n) is 6.42. The number of nitrogens with one attached hydrogen (secondary N) is 1. The molecule has 1 atom stereocenters. The third kappa shape index (κ3) is 4.85. The van der Waals surface area contributed by atoms with Gasteiger partial charge in [0.15, 0.2) is 0 Å². The molecule has 1 aromatic carbocycles. The first kappa shape index (κ1) is 17.1. The van der Waals surface area contributed by atoms with Gasteiger partial charge < -0.3 is 5.73 Å². The summed E-state index contributed by atoms with van der Waals surface area (Å²) in [5, 5.41) is 0. The predicted octanol–water partition coefficient (Wildman–Crippen LogP) is 2.23. The topological polar surface area (TPSA) is 72.2 Å². The molecule has 1 rings (SSSR count). The molecule has 0 heterocycles. The fourth-order valence-electron chi connectivity index (χ4n) is 1.47. The van der Waals surface area contributed by atoms with Crippen molar-refractivity contribution in [2.24, 2.45) is 11.1 Å². The number of nitrogens with two attached hydrogens (primary N) is 1. The lowest BCUT2D eigenvalue weighted by molar-refractivity contribution is 0.317. The van der Waals surface area contributed by atoms with Crippen molar-refractivity contribution in [1.82, 2.24) is 4.72 Å². The highest BCUT2D eigenvalue weighted by molar-refractivity contribution is 7.89. The molecule has 4 nitrogen and oxygen atoms in total. The summed E-state index contributed by atoms with van der Waals surface area (Å²) >= 11 is 4.83. The normalized spacial score (nSPS) is 14.0. The summed E-state index contributed by atoms with van der Waals surface area (Å²) in [6.07, 6.45) is 0.474. The highest BCUT2D eigenvalue weighted by atomic mass is 32.2. The van der Waals surface area contributed by atoms with Gasteiger partial charge in [-0.2, -0.15) is 0 Å². The minimum atomic E-state index is -3.50. The van der Waals surface area contributed by atoms with Gasteiger partial charge in [-0.3, -0.25) is 0 Å². The smallest absolute Gasteiger partial charge is 0.240 e. The summed E-state index contributed by atoms with van der Waals surface area (Å²) < 4.78 is 27.2. The van der Waals surface area contributed by atoms with Crippen molar-refractivity contribution in [3.8, 4) is 0 Å². The lowest BCUT2D eigenvalue weighted by Crippen LogP contribution is -2.41. The quantitative estimate of drug-likeness (QED) is 0.818. The van der Waals surface area contributed by atoms with E-state index in [0.717, 1.165) is 5.56 Å². The first-order chi connectivity index (χ1) is 9.02. The molecule has 20 heavy (non-hydrogen) atoms. The van der Waals surface area contributed by atoms with Crippen LogP contribution in [0.5, 0.6) is 0 Å². The lowest BCUT2D eigenvalue weighted by Gasteiger charge is -2.27. The van der Waals surface area contributed by atoms with Crippen LogP contribution in [0.25, 0.3) is 0 Å². The Morgan fingerprint density at radius 3 is 2.20 bits per heavy atom. The van der Waals surface area contributed by atoms with E-state index in [4.69, 9.17) is 18.0 Å². The molecule has 0 aliphatic rings. The molecule has 0 saturated carbocycles. The Kier molecular flexibility index (Phi) is 5.29. The molecule has 0 bridgehead atoms. The van der Waals surface area contributed by atoms with Crippen molar-refractivity contribution in [2.75, 3.05) is 0 Å². The Morgan fingerprint density at radius 2 is 1.80 bits per heavy atom. The zero-order chi connectivity index (χ0) is 15.6.